The smallest absolute Gasteiger partial charge is 0.255 e. The van der Waals surface area contributed by atoms with Crippen LogP contribution < -0.4 is 10.6 Å². The van der Waals surface area contributed by atoms with Gasteiger partial charge in [0.25, 0.3) is 5.91 Å². The van der Waals surface area contributed by atoms with E-state index < -0.39 is 0 Å². The molecule has 2 aromatic heterocycles. The summed E-state index contributed by atoms with van der Waals surface area (Å²) in [6, 6.07) is 16.0. The highest BCUT2D eigenvalue weighted by Crippen LogP contribution is 2.18. The Morgan fingerprint density at radius 3 is 2.58 bits per heavy atom. The summed E-state index contributed by atoms with van der Waals surface area (Å²) >= 11 is 1.28. The molecular formula is C21H19N7O2S. The number of anilines is 2. The maximum absolute atomic E-state index is 12.7. The molecule has 0 saturated carbocycles. The third kappa shape index (κ3) is 5.17. The van der Waals surface area contributed by atoms with Gasteiger partial charge in [-0.05, 0) is 42.5 Å². The highest BCUT2D eigenvalue weighted by atomic mass is 32.2. The average Bonchev–Trinajstić information content (AvgIpc) is 3.45. The Morgan fingerprint density at radius 2 is 1.84 bits per heavy atom. The lowest BCUT2D eigenvalue weighted by Crippen LogP contribution is -2.16. The van der Waals surface area contributed by atoms with Crippen molar-refractivity contribution in [2.45, 2.75) is 5.16 Å². The van der Waals surface area contributed by atoms with E-state index in [4.69, 9.17) is 0 Å². The maximum Gasteiger partial charge on any atom is 0.255 e. The summed E-state index contributed by atoms with van der Waals surface area (Å²) in [4.78, 5) is 24.9. The standard InChI is InChI=1S/C21H19N7O2S/c1-27-14-22-26-21(27)31-13-19(29)24-16-6-2-5-15(11-16)20(30)25-17-7-3-8-18(12-17)28-10-4-9-23-28/h2-12,14H,13H2,1H3,(H,24,29)(H,25,30). The SMILES string of the molecule is Cn1cnnc1SCC(=O)Nc1cccc(C(=O)Nc2cccc(-n3cccn3)c2)c1. The van der Waals surface area contributed by atoms with E-state index in [9.17, 15) is 9.59 Å². The number of carbonyl (C=O) groups is 2. The predicted molar refractivity (Wildman–Crippen MR) is 118 cm³/mol. The molecule has 0 saturated heterocycles. The summed E-state index contributed by atoms with van der Waals surface area (Å²) in [5.74, 6) is -0.289. The molecule has 0 fully saturated rings. The van der Waals surface area contributed by atoms with E-state index in [2.05, 4.69) is 25.9 Å². The van der Waals surface area contributed by atoms with Crippen LogP contribution in [0.2, 0.25) is 0 Å². The molecular weight excluding hydrogens is 414 g/mol. The minimum atomic E-state index is -0.276. The van der Waals surface area contributed by atoms with Crippen molar-refractivity contribution in [2.24, 2.45) is 7.05 Å². The lowest BCUT2D eigenvalue weighted by molar-refractivity contribution is -0.113. The highest BCUT2D eigenvalue weighted by Gasteiger charge is 2.11. The Morgan fingerprint density at radius 1 is 1.03 bits per heavy atom. The molecule has 0 radical (unpaired) electrons. The van der Waals surface area contributed by atoms with Crippen molar-refractivity contribution in [3.63, 3.8) is 0 Å². The fourth-order valence-corrected chi connectivity index (χ4v) is 3.51. The predicted octanol–water partition coefficient (Wildman–Crippen LogP) is 2.98. The van der Waals surface area contributed by atoms with E-state index in [1.54, 1.807) is 52.1 Å². The molecule has 0 aliphatic carbocycles. The largest absolute Gasteiger partial charge is 0.325 e. The minimum Gasteiger partial charge on any atom is -0.325 e. The third-order valence-corrected chi connectivity index (χ3v) is 5.32. The van der Waals surface area contributed by atoms with Gasteiger partial charge in [0.1, 0.15) is 6.33 Å². The fourth-order valence-electron chi connectivity index (χ4n) is 2.82. The zero-order chi connectivity index (χ0) is 21.6. The number of aryl methyl sites for hydroxylation is 1. The summed E-state index contributed by atoms with van der Waals surface area (Å²) in [6.07, 6.45) is 5.10. The molecule has 4 rings (SSSR count). The molecule has 0 bridgehead atoms. The Hall–Kier alpha value is -3.92. The van der Waals surface area contributed by atoms with Crippen molar-refractivity contribution in [2.75, 3.05) is 16.4 Å². The number of nitrogens with zero attached hydrogens (tertiary/aromatic N) is 5. The van der Waals surface area contributed by atoms with Crippen molar-refractivity contribution in [1.29, 1.82) is 0 Å². The number of thioether (sulfide) groups is 1. The number of rotatable bonds is 7. The van der Waals surface area contributed by atoms with Crippen molar-refractivity contribution >= 4 is 35.0 Å². The second-order valence-corrected chi connectivity index (χ2v) is 7.54. The number of nitrogens with one attached hydrogen (secondary N) is 2. The summed E-state index contributed by atoms with van der Waals surface area (Å²) in [6.45, 7) is 0. The van der Waals surface area contributed by atoms with E-state index in [1.807, 2.05) is 37.5 Å². The Balaban J connectivity index is 1.38. The Bertz CT molecular complexity index is 1200. The number of hydrogen-bond donors (Lipinski definition) is 2. The summed E-state index contributed by atoms with van der Waals surface area (Å²) < 4.78 is 3.45. The Kier molecular flexibility index (Phi) is 6.08. The van der Waals surface area contributed by atoms with Gasteiger partial charge >= 0.3 is 0 Å². The fraction of sp³-hybridized carbons (Fsp3) is 0.0952. The van der Waals surface area contributed by atoms with Crippen LogP contribution in [-0.2, 0) is 11.8 Å². The summed E-state index contributed by atoms with van der Waals surface area (Å²) in [5, 5.41) is 18.2. The molecule has 2 heterocycles. The number of carbonyl (C=O) groups excluding carboxylic acids is 2. The molecule has 0 spiro atoms. The van der Waals surface area contributed by atoms with Gasteiger partial charge in [-0.1, -0.05) is 23.9 Å². The van der Waals surface area contributed by atoms with E-state index in [-0.39, 0.29) is 17.6 Å². The summed E-state index contributed by atoms with van der Waals surface area (Å²) in [5.41, 5.74) is 2.46. The summed E-state index contributed by atoms with van der Waals surface area (Å²) in [7, 11) is 1.81. The molecule has 31 heavy (non-hydrogen) atoms. The van der Waals surface area contributed by atoms with Crippen LogP contribution in [0.15, 0.2) is 78.5 Å². The molecule has 156 valence electrons. The van der Waals surface area contributed by atoms with Gasteiger partial charge < -0.3 is 15.2 Å². The maximum atomic E-state index is 12.7. The van der Waals surface area contributed by atoms with E-state index in [0.717, 1.165) is 5.69 Å². The van der Waals surface area contributed by atoms with Crippen LogP contribution in [0.25, 0.3) is 5.69 Å². The zero-order valence-electron chi connectivity index (χ0n) is 16.6. The van der Waals surface area contributed by atoms with Crippen LogP contribution >= 0.6 is 11.8 Å². The zero-order valence-corrected chi connectivity index (χ0v) is 17.4. The van der Waals surface area contributed by atoms with Crippen LogP contribution in [0.4, 0.5) is 11.4 Å². The molecule has 10 heteroatoms. The van der Waals surface area contributed by atoms with E-state index >= 15 is 0 Å². The van der Waals surface area contributed by atoms with Gasteiger partial charge in [-0.2, -0.15) is 5.10 Å². The first-order valence-corrected chi connectivity index (χ1v) is 10.4. The molecule has 9 nitrogen and oxygen atoms in total. The van der Waals surface area contributed by atoms with Crippen LogP contribution in [0.5, 0.6) is 0 Å². The third-order valence-electron chi connectivity index (χ3n) is 4.28. The number of benzene rings is 2. The molecule has 0 unspecified atom stereocenters. The average molecular weight is 433 g/mol. The van der Waals surface area contributed by atoms with Crippen LogP contribution in [0, 0.1) is 0 Å². The second kappa shape index (κ2) is 9.26. The number of hydrogen-bond acceptors (Lipinski definition) is 6. The number of aromatic nitrogens is 5. The van der Waals surface area contributed by atoms with Gasteiger partial charge in [0.15, 0.2) is 5.16 Å². The molecule has 4 aromatic rings. The van der Waals surface area contributed by atoms with Crippen LogP contribution in [-0.4, -0.2) is 42.1 Å². The van der Waals surface area contributed by atoms with Gasteiger partial charge in [-0.15, -0.1) is 10.2 Å². The monoisotopic (exact) mass is 433 g/mol. The Labute approximate surface area is 182 Å². The molecule has 0 aliphatic rings. The van der Waals surface area contributed by atoms with Crippen LogP contribution in [0.3, 0.4) is 0 Å². The van der Waals surface area contributed by atoms with Gasteiger partial charge in [-0.25, -0.2) is 4.68 Å². The van der Waals surface area contributed by atoms with Gasteiger partial charge in [-0.3, -0.25) is 9.59 Å². The quantitative estimate of drug-likeness (QED) is 0.434. The van der Waals surface area contributed by atoms with Crippen molar-refractivity contribution in [3.05, 3.63) is 78.9 Å². The van der Waals surface area contributed by atoms with E-state index in [0.29, 0.717) is 22.1 Å². The normalized spacial score (nSPS) is 10.6. The van der Waals surface area contributed by atoms with Crippen molar-refractivity contribution in [3.8, 4) is 5.69 Å². The van der Waals surface area contributed by atoms with Crippen molar-refractivity contribution in [1.82, 2.24) is 24.5 Å². The molecule has 2 aromatic carbocycles. The van der Waals surface area contributed by atoms with Gasteiger partial charge in [0, 0.05) is 36.4 Å². The molecule has 2 N–H and O–H groups in total. The van der Waals surface area contributed by atoms with Gasteiger partial charge in [0.2, 0.25) is 5.91 Å². The highest BCUT2D eigenvalue weighted by molar-refractivity contribution is 7.99. The lowest BCUT2D eigenvalue weighted by atomic mass is 10.1. The van der Waals surface area contributed by atoms with Gasteiger partial charge in [0.05, 0.1) is 11.4 Å². The molecule has 0 aliphatic heterocycles. The number of amides is 2. The first kappa shape index (κ1) is 20.4. The first-order chi connectivity index (χ1) is 15.1. The lowest BCUT2D eigenvalue weighted by Gasteiger charge is -2.09. The van der Waals surface area contributed by atoms with Crippen LogP contribution in [0.1, 0.15) is 10.4 Å². The second-order valence-electron chi connectivity index (χ2n) is 6.60. The topological polar surface area (TPSA) is 107 Å². The minimum absolute atomic E-state index is 0.184. The van der Waals surface area contributed by atoms with E-state index in [1.165, 1.54) is 11.8 Å². The first-order valence-electron chi connectivity index (χ1n) is 9.36. The molecule has 0 atom stereocenters. The molecule has 2 amide bonds. The van der Waals surface area contributed by atoms with Crippen molar-refractivity contribution < 1.29 is 9.59 Å².